The fraction of sp³-hybridized carbons (Fsp3) is 0.333. The van der Waals surface area contributed by atoms with Gasteiger partial charge in [-0.15, -0.1) is 0 Å². The first kappa shape index (κ1) is 11.6. The molecule has 1 atom stereocenters. The molecule has 0 aliphatic carbocycles. The molecule has 90 valence electrons. The zero-order chi connectivity index (χ0) is 12.3. The molecule has 1 amide bonds. The molecule has 1 unspecified atom stereocenters. The van der Waals surface area contributed by atoms with Crippen LogP contribution in [0.2, 0.25) is 0 Å². The molecule has 5 nitrogen and oxygen atoms in total. The van der Waals surface area contributed by atoms with Crippen LogP contribution in [0, 0.1) is 0 Å². The molecule has 0 aliphatic rings. The molecule has 0 bridgehead atoms. The highest BCUT2D eigenvalue weighted by atomic mass is 16.1. The quantitative estimate of drug-likeness (QED) is 0.736. The van der Waals surface area contributed by atoms with Crippen molar-refractivity contribution in [3.8, 4) is 0 Å². The normalized spacial score (nSPS) is 12.6. The van der Waals surface area contributed by atoms with Gasteiger partial charge >= 0.3 is 0 Å². The predicted molar refractivity (Wildman–Crippen MR) is 66.7 cm³/mol. The summed E-state index contributed by atoms with van der Waals surface area (Å²) in [4.78, 5) is 11.9. The van der Waals surface area contributed by atoms with Gasteiger partial charge in [0.15, 0.2) is 5.69 Å². The summed E-state index contributed by atoms with van der Waals surface area (Å²) >= 11 is 0. The number of fused-ring (bicyclic) bond motifs is 1. The van der Waals surface area contributed by atoms with E-state index >= 15 is 0 Å². The summed E-state index contributed by atoms with van der Waals surface area (Å²) in [5, 5.41) is 10.5. The maximum atomic E-state index is 11.9. The Kier molecular flexibility index (Phi) is 3.39. The maximum absolute atomic E-state index is 11.9. The second-order valence-electron chi connectivity index (χ2n) is 4.00. The Morgan fingerprint density at radius 1 is 1.53 bits per heavy atom. The van der Waals surface area contributed by atoms with Gasteiger partial charge in [0.2, 0.25) is 0 Å². The maximum Gasteiger partial charge on any atom is 0.272 e. The third-order valence-corrected chi connectivity index (χ3v) is 2.73. The molecule has 0 aliphatic heterocycles. The first-order chi connectivity index (χ1) is 8.22. The minimum atomic E-state index is -0.189. The molecule has 17 heavy (non-hydrogen) atoms. The van der Waals surface area contributed by atoms with Crippen LogP contribution >= 0.6 is 0 Å². The minimum absolute atomic E-state index is 0.0100. The summed E-state index contributed by atoms with van der Waals surface area (Å²) in [6.45, 7) is 2.46. The van der Waals surface area contributed by atoms with Gasteiger partial charge in [-0.2, -0.15) is 5.10 Å². The van der Waals surface area contributed by atoms with Crippen LogP contribution in [0.25, 0.3) is 10.9 Å². The molecule has 0 fully saturated rings. The van der Waals surface area contributed by atoms with Crippen LogP contribution < -0.4 is 11.1 Å². The number of aromatic nitrogens is 2. The minimum Gasteiger partial charge on any atom is -0.349 e. The number of carbonyl (C=O) groups excluding carboxylic acids is 1. The molecular weight excluding hydrogens is 216 g/mol. The highest BCUT2D eigenvalue weighted by molar-refractivity contribution is 6.04. The van der Waals surface area contributed by atoms with Gasteiger partial charge in [-0.1, -0.05) is 25.1 Å². The number of para-hydroxylation sites is 1. The lowest BCUT2D eigenvalue weighted by Gasteiger charge is -2.09. The van der Waals surface area contributed by atoms with E-state index in [-0.39, 0.29) is 11.9 Å². The average Bonchev–Trinajstić information content (AvgIpc) is 2.79. The van der Waals surface area contributed by atoms with Crippen molar-refractivity contribution in [2.75, 3.05) is 6.54 Å². The molecule has 1 aromatic heterocycles. The van der Waals surface area contributed by atoms with Crippen LogP contribution in [0.15, 0.2) is 24.3 Å². The fourth-order valence-electron chi connectivity index (χ4n) is 1.59. The summed E-state index contributed by atoms with van der Waals surface area (Å²) in [5.74, 6) is -0.189. The Hall–Kier alpha value is -1.88. The van der Waals surface area contributed by atoms with Gasteiger partial charge in [0.05, 0.1) is 5.52 Å². The number of nitrogens with two attached hydrogens (primary N) is 1. The lowest BCUT2D eigenvalue weighted by Crippen LogP contribution is -2.36. The molecular formula is C12H16N4O. The van der Waals surface area contributed by atoms with Gasteiger partial charge in [-0.05, 0) is 12.5 Å². The Morgan fingerprint density at radius 2 is 2.29 bits per heavy atom. The van der Waals surface area contributed by atoms with Crippen molar-refractivity contribution in [2.24, 2.45) is 5.73 Å². The van der Waals surface area contributed by atoms with Crippen molar-refractivity contribution in [1.29, 1.82) is 0 Å². The summed E-state index contributed by atoms with van der Waals surface area (Å²) < 4.78 is 0. The van der Waals surface area contributed by atoms with E-state index < -0.39 is 0 Å². The monoisotopic (exact) mass is 232 g/mol. The van der Waals surface area contributed by atoms with Crippen molar-refractivity contribution in [2.45, 2.75) is 19.4 Å². The van der Waals surface area contributed by atoms with E-state index in [1.54, 1.807) is 0 Å². The van der Waals surface area contributed by atoms with E-state index in [4.69, 9.17) is 5.73 Å². The number of nitrogens with zero attached hydrogens (tertiary/aromatic N) is 1. The topological polar surface area (TPSA) is 83.8 Å². The first-order valence-corrected chi connectivity index (χ1v) is 5.69. The molecule has 0 saturated heterocycles. The van der Waals surface area contributed by atoms with Crippen molar-refractivity contribution >= 4 is 16.8 Å². The van der Waals surface area contributed by atoms with Gasteiger partial charge in [0.1, 0.15) is 0 Å². The second kappa shape index (κ2) is 4.97. The molecule has 1 aromatic carbocycles. The number of amides is 1. The molecule has 4 N–H and O–H groups in total. The van der Waals surface area contributed by atoms with Crippen LogP contribution in [0.3, 0.4) is 0 Å². The van der Waals surface area contributed by atoms with Crippen LogP contribution in [0.1, 0.15) is 23.8 Å². The van der Waals surface area contributed by atoms with E-state index in [9.17, 15) is 4.79 Å². The summed E-state index contributed by atoms with van der Waals surface area (Å²) in [6, 6.07) is 7.52. The SMILES string of the molecule is CCC(N)CNC(=O)c1n[nH]c2ccccc12. The predicted octanol–water partition coefficient (Wildman–Crippen LogP) is 1.03. The van der Waals surface area contributed by atoms with Gasteiger partial charge in [-0.25, -0.2) is 0 Å². The Bertz CT molecular complexity index is 520. The Balaban J connectivity index is 2.14. The Labute approximate surface area is 99.4 Å². The number of hydrogen-bond donors (Lipinski definition) is 3. The summed E-state index contributed by atoms with van der Waals surface area (Å²) in [6.07, 6.45) is 0.835. The number of hydrogen-bond acceptors (Lipinski definition) is 3. The molecule has 1 heterocycles. The van der Waals surface area contributed by atoms with Crippen molar-refractivity contribution in [3.63, 3.8) is 0 Å². The van der Waals surface area contributed by atoms with Crippen molar-refractivity contribution < 1.29 is 4.79 Å². The van der Waals surface area contributed by atoms with Gasteiger partial charge in [0, 0.05) is 18.0 Å². The van der Waals surface area contributed by atoms with Gasteiger partial charge < -0.3 is 11.1 Å². The smallest absolute Gasteiger partial charge is 0.272 e. The number of nitrogens with one attached hydrogen (secondary N) is 2. The molecule has 0 saturated carbocycles. The highest BCUT2D eigenvalue weighted by Crippen LogP contribution is 2.14. The average molecular weight is 232 g/mol. The third-order valence-electron chi connectivity index (χ3n) is 2.73. The number of aromatic amines is 1. The number of carbonyl (C=O) groups is 1. The van der Waals surface area contributed by atoms with E-state index in [1.165, 1.54) is 0 Å². The van der Waals surface area contributed by atoms with E-state index in [0.717, 1.165) is 17.3 Å². The lowest BCUT2D eigenvalue weighted by atomic mass is 10.2. The van der Waals surface area contributed by atoms with Crippen LogP contribution in [-0.2, 0) is 0 Å². The standard InChI is InChI=1S/C12H16N4O/c1-2-8(13)7-14-12(17)11-9-5-3-4-6-10(9)15-16-11/h3-6,8H,2,7,13H2,1H3,(H,14,17)(H,15,16). The summed E-state index contributed by atoms with van der Waals surface area (Å²) in [7, 11) is 0. The fourth-order valence-corrected chi connectivity index (χ4v) is 1.59. The number of rotatable bonds is 4. The molecule has 0 spiro atoms. The van der Waals surface area contributed by atoms with Gasteiger partial charge in [0.25, 0.3) is 5.91 Å². The number of benzene rings is 1. The molecule has 2 rings (SSSR count). The molecule has 2 aromatic rings. The highest BCUT2D eigenvalue weighted by Gasteiger charge is 2.13. The second-order valence-corrected chi connectivity index (χ2v) is 4.00. The van der Waals surface area contributed by atoms with E-state index in [2.05, 4.69) is 15.5 Å². The van der Waals surface area contributed by atoms with E-state index in [1.807, 2.05) is 31.2 Å². The van der Waals surface area contributed by atoms with E-state index in [0.29, 0.717) is 12.2 Å². The largest absolute Gasteiger partial charge is 0.349 e. The van der Waals surface area contributed by atoms with Crippen molar-refractivity contribution in [3.05, 3.63) is 30.0 Å². The van der Waals surface area contributed by atoms with Crippen LogP contribution in [0.4, 0.5) is 0 Å². The molecule has 0 radical (unpaired) electrons. The van der Waals surface area contributed by atoms with Crippen LogP contribution in [-0.4, -0.2) is 28.7 Å². The third kappa shape index (κ3) is 2.45. The number of H-pyrrole nitrogens is 1. The lowest BCUT2D eigenvalue weighted by molar-refractivity contribution is 0.0947. The van der Waals surface area contributed by atoms with Gasteiger partial charge in [-0.3, -0.25) is 9.89 Å². The Morgan fingerprint density at radius 3 is 3.06 bits per heavy atom. The van der Waals surface area contributed by atoms with Crippen molar-refractivity contribution in [1.82, 2.24) is 15.5 Å². The zero-order valence-electron chi connectivity index (χ0n) is 9.73. The van der Waals surface area contributed by atoms with Crippen LogP contribution in [0.5, 0.6) is 0 Å². The first-order valence-electron chi connectivity index (χ1n) is 5.69. The molecule has 5 heteroatoms. The summed E-state index contributed by atoms with van der Waals surface area (Å²) in [5.41, 5.74) is 7.02. The zero-order valence-corrected chi connectivity index (χ0v) is 9.73.